The number of aliphatic hydroxyl groups excluding tert-OH is 1. The molecule has 0 bridgehead atoms. The summed E-state index contributed by atoms with van der Waals surface area (Å²) in [5, 5.41) is 9.68. The van der Waals surface area contributed by atoms with E-state index in [0.717, 1.165) is 12.1 Å². The topological polar surface area (TPSA) is 38.0 Å². The zero-order valence-electron chi connectivity index (χ0n) is 10.9. The van der Waals surface area contributed by atoms with E-state index in [4.69, 9.17) is 0 Å². The minimum absolute atomic E-state index is 0.00587. The summed E-state index contributed by atoms with van der Waals surface area (Å²) in [4.78, 5) is 4.12. The number of benzene rings is 1. The highest BCUT2D eigenvalue weighted by molar-refractivity contribution is 5.77. The molecule has 2 aromatic rings. The quantitative estimate of drug-likeness (QED) is 0.905. The second kappa shape index (κ2) is 4.52. The van der Waals surface area contributed by atoms with Gasteiger partial charge in [-0.25, -0.2) is 4.98 Å². The lowest BCUT2D eigenvalue weighted by Crippen LogP contribution is -2.09. The van der Waals surface area contributed by atoms with E-state index in [1.165, 1.54) is 6.07 Å². The van der Waals surface area contributed by atoms with Crippen molar-refractivity contribution in [3.8, 4) is 0 Å². The zero-order chi connectivity index (χ0) is 14.4. The molecule has 0 spiro atoms. The molecule has 0 aliphatic heterocycles. The van der Waals surface area contributed by atoms with Gasteiger partial charge in [-0.05, 0) is 39.0 Å². The Morgan fingerprint density at radius 2 is 1.84 bits per heavy atom. The maximum Gasteiger partial charge on any atom is 0.416 e. The largest absolute Gasteiger partial charge is 0.416 e. The van der Waals surface area contributed by atoms with Gasteiger partial charge in [-0.1, -0.05) is 0 Å². The van der Waals surface area contributed by atoms with Crippen LogP contribution in [-0.2, 0) is 6.18 Å². The zero-order valence-corrected chi connectivity index (χ0v) is 10.9. The molecular weight excluding hydrogens is 257 g/mol. The molecule has 0 radical (unpaired) electrons. The predicted molar refractivity (Wildman–Crippen MR) is 65.8 cm³/mol. The third-order valence-electron chi connectivity index (χ3n) is 2.93. The average Bonchev–Trinajstić information content (AvgIpc) is 2.65. The van der Waals surface area contributed by atoms with Crippen LogP contribution in [0.15, 0.2) is 18.2 Å². The van der Waals surface area contributed by atoms with Crippen molar-refractivity contribution in [1.82, 2.24) is 9.55 Å². The van der Waals surface area contributed by atoms with Crippen LogP contribution < -0.4 is 0 Å². The molecule has 1 aromatic carbocycles. The maximum atomic E-state index is 12.7. The van der Waals surface area contributed by atoms with E-state index in [1.807, 2.05) is 13.8 Å². The Kier molecular flexibility index (Phi) is 3.30. The van der Waals surface area contributed by atoms with Crippen LogP contribution in [0.4, 0.5) is 13.2 Å². The third kappa shape index (κ3) is 2.45. The van der Waals surface area contributed by atoms with Gasteiger partial charge in [0, 0.05) is 6.04 Å². The first kappa shape index (κ1) is 13.9. The van der Waals surface area contributed by atoms with Gasteiger partial charge in [-0.3, -0.25) is 0 Å². The molecule has 1 heterocycles. The van der Waals surface area contributed by atoms with Crippen molar-refractivity contribution in [2.24, 2.45) is 0 Å². The van der Waals surface area contributed by atoms with Crippen LogP contribution in [0.5, 0.6) is 0 Å². The Morgan fingerprint density at radius 1 is 1.21 bits per heavy atom. The van der Waals surface area contributed by atoms with Crippen LogP contribution in [0, 0.1) is 0 Å². The van der Waals surface area contributed by atoms with Gasteiger partial charge in [0.25, 0.3) is 0 Å². The Labute approximate surface area is 108 Å². The highest BCUT2D eigenvalue weighted by Crippen LogP contribution is 2.33. The number of nitrogens with zero attached hydrogens (tertiary/aromatic N) is 2. The Hall–Kier alpha value is -1.56. The number of halogens is 3. The summed E-state index contributed by atoms with van der Waals surface area (Å²) in [6, 6.07) is 3.46. The van der Waals surface area contributed by atoms with Crippen molar-refractivity contribution < 1.29 is 18.3 Å². The van der Waals surface area contributed by atoms with Crippen molar-refractivity contribution in [2.45, 2.75) is 39.1 Å². The molecule has 0 aliphatic carbocycles. The molecule has 104 valence electrons. The number of aliphatic hydroxyl groups is 1. The smallest absolute Gasteiger partial charge is 0.385 e. The van der Waals surface area contributed by atoms with E-state index in [-0.39, 0.29) is 11.6 Å². The highest BCUT2D eigenvalue weighted by Gasteiger charge is 2.31. The molecule has 1 atom stereocenters. The van der Waals surface area contributed by atoms with E-state index < -0.39 is 17.8 Å². The summed E-state index contributed by atoms with van der Waals surface area (Å²) in [6.45, 7) is 5.33. The SMILES string of the molecule is CC(C)n1c([C@@H](C)O)nc2cc(C(F)(F)F)ccc21. The van der Waals surface area contributed by atoms with Crippen molar-refractivity contribution in [1.29, 1.82) is 0 Å². The predicted octanol–water partition coefficient (Wildman–Crippen LogP) is 3.69. The van der Waals surface area contributed by atoms with E-state index in [0.29, 0.717) is 11.3 Å². The van der Waals surface area contributed by atoms with Crippen LogP contribution in [-0.4, -0.2) is 14.7 Å². The minimum atomic E-state index is -4.39. The summed E-state index contributed by atoms with van der Waals surface area (Å²) in [5.74, 6) is 0.379. The number of fused-ring (bicyclic) bond motifs is 1. The van der Waals surface area contributed by atoms with Gasteiger partial charge in [0.15, 0.2) is 0 Å². The molecule has 0 saturated carbocycles. The Morgan fingerprint density at radius 3 is 2.32 bits per heavy atom. The molecule has 0 aliphatic rings. The second-order valence-electron chi connectivity index (χ2n) is 4.81. The van der Waals surface area contributed by atoms with Crippen molar-refractivity contribution in [2.75, 3.05) is 0 Å². The highest BCUT2D eigenvalue weighted by atomic mass is 19.4. The molecule has 0 amide bonds. The summed E-state index contributed by atoms with van der Waals surface area (Å²) < 4.78 is 39.7. The molecule has 0 fully saturated rings. The fraction of sp³-hybridized carbons (Fsp3) is 0.462. The first-order valence-electron chi connectivity index (χ1n) is 5.99. The standard InChI is InChI=1S/C13H15F3N2O/c1-7(2)18-11-5-4-9(13(14,15)16)6-10(11)17-12(18)8(3)19/h4-8,19H,1-3H3/t8-/m1/s1. The number of aromatic nitrogens is 2. The van der Waals surface area contributed by atoms with Gasteiger partial charge < -0.3 is 9.67 Å². The summed E-state index contributed by atoms with van der Waals surface area (Å²) in [6.07, 6.45) is -5.22. The van der Waals surface area contributed by atoms with Gasteiger partial charge in [-0.2, -0.15) is 13.2 Å². The second-order valence-corrected chi connectivity index (χ2v) is 4.81. The summed E-state index contributed by atoms with van der Waals surface area (Å²) in [7, 11) is 0. The number of imidazole rings is 1. The molecule has 0 saturated heterocycles. The number of alkyl halides is 3. The lowest BCUT2D eigenvalue weighted by atomic mass is 10.2. The first-order valence-corrected chi connectivity index (χ1v) is 5.99. The number of rotatable bonds is 2. The van der Waals surface area contributed by atoms with Gasteiger partial charge >= 0.3 is 6.18 Å². The van der Waals surface area contributed by atoms with E-state index in [2.05, 4.69) is 4.98 Å². The average molecular weight is 272 g/mol. The van der Waals surface area contributed by atoms with Crippen LogP contribution in [0.25, 0.3) is 11.0 Å². The first-order chi connectivity index (χ1) is 8.71. The number of hydrogen-bond acceptors (Lipinski definition) is 2. The molecule has 6 heteroatoms. The molecule has 19 heavy (non-hydrogen) atoms. The van der Waals surface area contributed by atoms with Crippen LogP contribution >= 0.6 is 0 Å². The molecule has 1 N–H and O–H groups in total. The molecule has 2 rings (SSSR count). The molecular formula is C13H15F3N2O. The molecule has 0 unspecified atom stereocenters. The van der Waals surface area contributed by atoms with Crippen LogP contribution in [0.2, 0.25) is 0 Å². The van der Waals surface area contributed by atoms with Gasteiger partial charge in [0.1, 0.15) is 11.9 Å². The molecule has 1 aromatic heterocycles. The van der Waals surface area contributed by atoms with Gasteiger partial charge in [0.2, 0.25) is 0 Å². The Balaban J connectivity index is 2.70. The normalized spacial score (nSPS) is 14.3. The van der Waals surface area contributed by atoms with Crippen molar-refractivity contribution in [3.63, 3.8) is 0 Å². The van der Waals surface area contributed by atoms with Crippen LogP contribution in [0.1, 0.15) is 44.3 Å². The number of hydrogen-bond donors (Lipinski definition) is 1. The van der Waals surface area contributed by atoms with E-state index in [1.54, 1.807) is 11.5 Å². The Bertz CT molecular complexity index is 600. The third-order valence-corrected chi connectivity index (χ3v) is 2.93. The van der Waals surface area contributed by atoms with Gasteiger partial charge in [-0.15, -0.1) is 0 Å². The summed E-state index contributed by atoms with van der Waals surface area (Å²) in [5.41, 5.74) is 0.115. The minimum Gasteiger partial charge on any atom is -0.385 e. The van der Waals surface area contributed by atoms with E-state index >= 15 is 0 Å². The fourth-order valence-electron chi connectivity index (χ4n) is 2.13. The molecule has 3 nitrogen and oxygen atoms in total. The summed E-state index contributed by atoms with van der Waals surface area (Å²) >= 11 is 0. The monoisotopic (exact) mass is 272 g/mol. The fourth-order valence-corrected chi connectivity index (χ4v) is 2.13. The van der Waals surface area contributed by atoms with Crippen LogP contribution in [0.3, 0.4) is 0 Å². The van der Waals surface area contributed by atoms with Crippen molar-refractivity contribution in [3.05, 3.63) is 29.6 Å². The maximum absolute atomic E-state index is 12.7. The lowest BCUT2D eigenvalue weighted by molar-refractivity contribution is -0.137. The van der Waals surface area contributed by atoms with E-state index in [9.17, 15) is 18.3 Å². The lowest BCUT2D eigenvalue weighted by Gasteiger charge is -2.14. The van der Waals surface area contributed by atoms with Crippen molar-refractivity contribution >= 4 is 11.0 Å². The van der Waals surface area contributed by atoms with Gasteiger partial charge in [0.05, 0.1) is 16.6 Å².